The molecule has 4 atom stereocenters. The summed E-state index contributed by atoms with van der Waals surface area (Å²) in [5.41, 5.74) is 5.06. The molecule has 4 bridgehead atoms. The minimum absolute atomic E-state index is 0.000273. The number of carboxylic acid groups (broad SMARTS) is 1. The first-order valence-electron chi connectivity index (χ1n) is 33.5. The van der Waals surface area contributed by atoms with Crippen LogP contribution in [0.1, 0.15) is 148 Å². The summed E-state index contributed by atoms with van der Waals surface area (Å²) in [5, 5.41) is 27.4. The maximum Gasteiger partial charge on any atom is 0.410 e. The highest BCUT2D eigenvalue weighted by molar-refractivity contribution is 7.51. The number of benzene rings is 3. The van der Waals surface area contributed by atoms with E-state index < -0.39 is 55.3 Å². The molecule has 5 heterocycles. The van der Waals surface area contributed by atoms with Crippen LogP contribution in [-0.4, -0.2) is 149 Å². The number of carboxylic acids is 1. The number of pyridine rings is 1. The Morgan fingerprint density at radius 2 is 1.52 bits per heavy atom. The minimum atomic E-state index is -4.39. The molecule has 3 aromatic carbocycles. The summed E-state index contributed by atoms with van der Waals surface area (Å²) >= 11 is 1.41. The van der Waals surface area contributed by atoms with Gasteiger partial charge in [0, 0.05) is 85.9 Å². The van der Waals surface area contributed by atoms with Crippen LogP contribution in [0.2, 0.25) is 0 Å². The van der Waals surface area contributed by atoms with Crippen LogP contribution < -0.4 is 26.2 Å². The summed E-state index contributed by atoms with van der Waals surface area (Å²) in [6.07, 6.45) is 10.7. The number of carbonyl (C=O) groups is 8. The smallest absolute Gasteiger partial charge is 0.410 e. The molecule has 0 spiro atoms. The number of ether oxygens (including phenoxy) is 2. The number of thiazole rings is 1. The fraction of sp³-hybridized carbons (Fsp3) is 0.479. The predicted molar refractivity (Wildman–Crippen MR) is 368 cm³/mol. The quantitative estimate of drug-likeness (QED) is 0.0130. The lowest BCUT2D eigenvalue weighted by molar-refractivity contribution is -0.248. The van der Waals surface area contributed by atoms with Gasteiger partial charge >= 0.3 is 19.7 Å². The van der Waals surface area contributed by atoms with Crippen molar-refractivity contribution in [2.24, 2.45) is 22.2 Å². The van der Waals surface area contributed by atoms with Crippen LogP contribution in [0.4, 0.5) is 21.4 Å². The van der Waals surface area contributed by atoms with E-state index >= 15 is 0 Å². The topological polar surface area (TPSA) is 334 Å². The van der Waals surface area contributed by atoms with Gasteiger partial charge in [-0.05, 0) is 159 Å². The van der Waals surface area contributed by atoms with E-state index in [2.05, 4.69) is 40.1 Å². The van der Waals surface area contributed by atoms with Crippen molar-refractivity contribution in [1.29, 1.82) is 0 Å². The maximum absolute atomic E-state index is 13.9. The number of hydrogen-bond donors (Lipinski definition) is 7. The molecule has 7 amide bonds. The second-order valence-corrected chi connectivity index (χ2v) is 31.2. The van der Waals surface area contributed by atoms with Gasteiger partial charge in [0.05, 0.1) is 34.8 Å². The largest absolute Gasteiger partial charge is 0.476 e. The van der Waals surface area contributed by atoms with Gasteiger partial charge in [0.2, 0.25) is 17.7 Å². The number of aromatic nitrogens is 4. The molecule has 0 radical (unpaired) electrons. The third-order valence-electron chi connectivity index (χ3n) is 19.7. The molecular formula is C71H86N11O14PS. The van der Waals surface area contributed by atoms with Crippen LogP contribution in [0.5, 0.6) is 0 Å². The van der Waals surface area contributed by atoms with E-state index in [0.29, 0.717) is 84.2 Å². The summed E-state index contributed by atoms with van der Waals surface area (Å²) in [4.78, 5) is 137. The monoisotopic (exact) mass is 1380 g/mol. The van der Waals surface area contributed by atoms with Gasteiger partial charge in [0.25, 0.3) is 17.7 Å². The van der Waals surface area contributed by atoms with Crippen LogP contribution in [0.25, 0.3) is 21.3 Å². The van der Waals surface area contributed by atoms with Crippen molar-refractivity contribution in [2.75, 3.05) is 54.5 Å². The van der Waals surface area contributed by atoms with Crippen molar-refractivity contribution < 1.29 is 67.3 Å². The number of amides is 7. The second kappa shape index (κ2) is 29.0. The molecule has 25 nitrogen and oxygen atoms in total. The number of para-hydroxylation sites is 1. The SMILES string of the molecule is Cc1c(-c2ccc(N3CCc4cccc(C(=O)Nc5nc6ccccc6s5)c4C3)nc2C(=O)O)cnn1CC12CC3(C)CC(C)(C1)CC(OCCN(CCCP(=O)(O)O)C(=O)OCc1ccc(NC(=O)[C@H](C)NC(=O)[C@@H](NC(=O)CCCCCN4C(=O)C=CC4=O)C(C)C)cc1)(C3)C2. The Bertz CT molecular complexity index is 4080. The first kappa shape index (κ1) is 70.6. The minimum Gasteiger partial charge on any atom is -0.476 e. The molecule has 4 fully saturated rings. The van der Waals surface area contributed by atoms with Crippen LogP contribution in [0.3, 0.4) is 0 Å². The molecule has 27 heteroatoms. The normalized spacial score (nSPS) is 21.5. The van der Waals surface area contributed by atoms with Gasteiger partial charge < -0.3 is 50.1 Å². The van der Waals surface area contributed by atoms with Gasteiger partial charge in [-0.3, -0.25) is 48.2 Å². The number of anilines is 3. The fourth-order valence-corrected chi connectivity index (χ4v) is 17.7. The molecule has 4 aliphatic carbocycles. The number of carbonyl (C=O) groups excluding carboxylic acids is 7. The van der Waals surface area contributed by atoms with Crippen LogP contribution in [0, 0.1) is 29.1 Å². The summed E-state index contributed by atoms with van der Waals surface area (Å²) in [7, 11) is -4.39. The van der Waals surface area contributed by atoms with Crippen molar-refractivity contribution >= 4 is 93.3 Å². The Balaban J connectivity index is 0.685. The van der Waals surface area contributed by atoms with Crippen molar-refractivity contribution in [1.82, 2.24) is 40.2 Å². The summed E-state index contributed by atoms with van der Waals surface area (Å²) in [6.45, 7) is 13.5. The lowest BCUT2D eigenvalue weighted by Crippen LogP contribution is -2.64. The number of nitrogens with zero attached hydrogens (tertiary/aromatic N) is 7. The van der Waals surface area contributed by atoms with E-state index in [0.717, 1.165) is 70.5 Å². The zero-order valence-electron chi connectivity index (χ0n) is 56.1. The van der Waals surface area contributed by atoms with Gasteiger partial charge in [-0.15, -0.1) is 0 Å². The number of rotatable bonds is 29. The first-order chi connectivity index (χ1) is 46.6. The highest BCUT2D eigenvalue weighted by atomic mass is 32.1. The van der Waals surface area contributed by atoms with Crippen LogP contribution in [-0.2, 0) is 64.1 Å². The Morgan fingerprint density at radius 3 is 2.22 bits per heavy atom. The highest BCUT2D eigenvalue weighted by Gasteiger charge is 2.66. The number of unbranched alkanes of at least 4 members (excludes halogenated alkanes) is 2. The van der Waals surface area contributed by atoms with Crippen molar-refractivity contribution in [2.45, 2.75) is 156 Å². The molecule has 6 aliphatic rings. The molecule has 0 saturated heterocycles. The van der Waals surface area contributed by atoms with E-state index in [-0.39, 0.29) is 97.2 Å². The summed E-state index contributed by atoms with van der Waals surface area (Å²) in [6, 6.07) is 21.7. The number of fused-ring (bicyclic) bond motifs is 2. The Kier molecular flexibility index (Phi) is 20.9. The van der Waals surface area contributed by atoms with E-state index in [4.69, 9.17) is 19.6 Å². The maximum atomic E-state index is 13.9. The molecule has 4 saturated carbocycles. The van der Waals surface area contributed by atoms with Gasteiger partial charge in [-0.25, -0.2) is 19.6 Å². The molecule has 3 aromatic heterocycles. The Morgan fingerprint density at radius 1 is 0.786 bits per heavy atom. The molecule has 98 heavy (non-hydrogen) atoms. The highest BCUT2D eigenvalue weighted by Crippen LogP contribution is 2.72. The van der Waals surface area contributed by atoms with Crippen molar-refractivity contribution in [3.63, 3.8) is 0 Å². The predicted octanol–water partition coefficient (Wildman–Crippen LogP) is 9.79. The standard InChI is InChI=1S/C71H86N11O14PS/c1-44(2)60(77-57(83)18-8-7-11-29-81-58(84)25-26-59(81)85)64(88)73-45(3)62(86)74-49-21-19-47(20-22-49)36-95-67(91)79(28-13-33-97(92,93)94)31-32-96-71-40-68(5)37-69(6,41-71)39-70(38-68,42-71)43-82-46(4)52(34-72-82)50-23-24-56(76-61(50)65(89)90)80-30-27-48-14-12-15-51(53(48)35-80)63(87)78-66-75-54-16-9-10-17-55(54)98-66/h9-10,12,14-17,19-26,34,44-45,60H,7-8,11,13,18,27-33,35-43H2,1-6H3,(H,73,88)(H,74,86)(H,77,83)(H,89,90)(H,75,78,87)(H2,92,93,94)/t45-,60-,68?,69?,70?,71?/m0/s1. The van der Waals surface area contributed by atoms with E-state index in [1.807, 2.05) is 59.0 Å². The lowest BCUT2D eigenvalue weighted by Gasteiger charge is -2.69. The van der Waals surface area contributed by atoms with Crippen molar-refractivity contribution in [3.05, 3.63) is 131 Å². The van der Waals surface area contributed by atoms with Gasteiger partial charge in [-0.1, -0.05) is 81.9 Å². The second-order valence-electron chi connectivity index (χ2n) is 28.4. The van der Waals surface area contributed by atoms with Gasteiger partial charge in [-0.2, -0.15) is 5.10 Å². The van der Waals surface area contributed by atoms with E-state index in [1.165, 1.54) is 35.3 Å². The molecule has 2 unspecified atom stereocenters. The lowest BCUT2D eigenvalue weighted by atomic mass is 9.39. The van der Waals surface area contributed by atoms with Gasteiger partial charge in [0.15, 0.2) is 10.8 Å². The molecular weight excluding hydrogens is 1290 g/mol. The van der Waals surface area contributed by atoms with E-state index in [9.17, 15) is 57.8 Å². The summed E-state index contributed by atoms with van der Waals surface area (Å²) in [5.74, 6) is -3.37. The average Bonchev–Trinajstić information content (AvgIpc) is 0.801. The molecule has 2 aliphatic heterocycles. The molecule has 6 aromatic rings. The Hall–Kier alpha value is -8.68. The average molecular weight is 1380 g/mol. The third-order valence-corrected chi connectivity index (χ3v) is 21.5. The molecule has 12 rings (SSSR count). The van der Waals surface area contributed by atoms with E-state index in [1.54, 1.807) is 56.4 Å². The van der Waals surface area contributed by atoms with Crippen LogP contribution in [0.15, 0.2) is 97.2 Å². The zero-order chi connectivity index (χ0) is 69.9. The van der Waals surface area contributed by atoms with Crippen molar-refractivity contribution in [3.8, 4) is 11.1 Å². The number of hydrogen-bond acceptors (Lipinski definition) is 16. The number of nitrogens with one attached hydrogen (secondary N) is 4. The first-order valence-corrected chi connectivity index (χ1v) is 36.1. The Labute approximate surface area is 572 Å². The molecule has 7 N–H and O–H groups in total. The fourth-order valence-electron chi connectivity index (χ4n) is 16.3. The third kappa shape index (κ3) is 16.5. The van der Waals surface area contributed by atoms with Crippen LogP contribution >= 0.6 is 18.9 Å². The number of imide groups is 1. The summed E-state index contributed by atoms with van der Waals surface area (Å²) < 4.78 is 27.8. The van der Waals surface area contributed by atoms with Gasteiger partial charge in [0.1, 0.15) is 24.5 Å². The number of aromatic carboxylic acids is 1. The molecule has 520 valence electrons. The zero-order valence-corrected chi connectivity index (χ0v) is 57.8.